The van der Waals surface area contributed by atoms with Crippen molar-refractivity contribution in [3.8, 4) is 0 Å². The number of carboxylic acids is 1. The Morgan fingerprint density at radius 2 is 2.00 bits per heavy atom. The summed E-state index contributed by atoms with van der Waals surface area (Å²) >= 11 is 1.99. The molecule has 0 aromatic carbocycles. The summed E-state index contributed by atoms with van der Waals surface area (Å²) in [5, 5.41) is 9.82. The number of hydrogen-bond donors (Lipinski definition) is 1. The zero-order valence-corrected chi connectivity index (χ0v) is 9.01. The van der Waals surface area contributed by atoms with Gasteiger partial charge in [0.2, 0.25) is 0 Å². The van der Waals surface area contributed by atoms with Crippen LogP contribution in [0.1, 0.15) is 20.3 Å². The first-order valence-corrected chi connectivity index (χ1v) is 5.62. The molecule has 4 heteroatoms. The molecule has 1 aliphatic rings. The van der Waals surface area contributed by atoms with Crippen LogP contribution in [0, 0.1) is 0 Å². The molecule has 1 fully saturated rings. The predicted molar refractivity (Wildman–Crippen MR) is 55.2 cm³/mol. The maximum atomic E-state index is 10.4. The standard InChI is InChI=1S/C9H17NO2S/c1-7-5-10(4-3-9(11)12)6-8(2)13-7/h7-8H,3-6H2,1-2H3,(H,11,12). The molecule has 0 radical (unpaired) electrons. The topological polar surface area (TPSA) is 40.5 Å². The molecule has 0 spiro atoms. The summed E-state index contributed by atoms with van der Waals surface area (Å²) in [5.41, 5.74) is 0. The van der Waals surface area contributed by atoms with Crippen LogP contribution in [0.25, 0.3) is 0 Å². The van der Waals surface area contributed by atoms with E-state index >= 15 is 0 Å². The molecule has 0 aliphatic carbocycles. The Bertz CT molecular complexity index is 176. The van der Waals surface area contributed by atoms with Crippen molar-refractivity contribution in [1.82, 2.24) is 4.90 Å². The molecule has 0 saturated carbocycles. The summed E-state index contributed by atoms with van der Waals surface area (Å²) in [6.45, 7) is 7.16. The molecule has 1 heterocycles. The number of carboxylic acid groups (broad SMARTS) is 1. The lowest BCUT2D eigenvalue weighted by Gasteiger charge is -2.34. The molecule has 3 nitrogen and oxygen atoms in total. The van der Waals surface area contributed by atoms with Gasteiger partial charge in [-0.15, -0.1) is 0 Å². The van der Waals surface area contributed by atoms with Crippen molar-refractivity contribution in [2.75, 3.05) is 19.6 Å². The summed E-state index contributed by atoms with van der Waals surface area (Å²) in [4.78, 5) is 12.6. The fourth-order valence-electron chi connectivity index (χ4n) is 1.72. The lowest BCUT2D eigenvalue weighted by Crippen LogP contribution is -2.41. The molecular formula is C9H17NO2S. The SMILES string of the molecule is CC1CN(CCC(=O)O)CC(C)S1. The van der Waals surface area contributed by atoms with Crippen molar-refractivity contribution in [2.24, 2.45) is 0 Å². The minimum Gasteiger partial charge on any atom is -0.481 e. The number of rotatable bonds is 3. The first-order valence-electron chi connectivity index (χ1n) is 4.67. The quantitative estimate of drug-likeness (QED) is 0.750. The van der Waals surface area contributed by atoms with E-state index in [2.05, 4.69) is 18.7 Å². The van der Waals surface area contributed by atoms with Gasteiger partial charge in [0, 0.05) is 30.1 Å². The Balaban J connectivity index is 2.28. The molecule has 1 rings (SSSR count). The largest absolute Gasteiger partial charge is 0.481 e. The van der Waals surface area contributed by atoms with Crippen molar-refractivity contribution >= 4 is 17.7 Å². The van der Waals surface area contributed by atoms with Crippen LogP contribution in [-0.4, -0.2) is 46.1 Å². The molecule has 0 aromatic heterocycles. The van der Waals surface area contributed by atoms with E-state index in [9.17, 15) is 4.79 Å². The van der Waals surface area contributed by atoms with Gasteiger partial charge in [0.25, 0.3) is 0 Å². The first kappa shape index (κ1) is 10.9. The normalized spacial score (nSPS) is 30.3. The van der Waals surface area contributed by atoms with Gasteiger partial charge in [0.05, 0.1) is 6.42 Å². The van der Waals surface area contributed by atoms with Crippen molar-refractivity contribution in [3.63, 3.8) is 0 Å². The molecule has 2 atom stereocenters. The van der Waals surface area contributed by atoms with E-state index in [4.69, 9.17) is 5.11 Å². The third kappa shape index (κ3) is 4.00. The summed E-state index contributed by atoms with van der Waals surface area (Å²) in [6.07, 6.45) is 0.268. The van der Waals surface area contributed by atoms with Gasteiger partial charge in [-0.1, -0.05) is 13.8 Å². The number of nitrogens with zero attached hydrogens (tertiary/aromatic N) is 1. The van der Waals surface area contributed by atoms with Gasteiger partial charge in [-0.05, 0) is 0 Å². The molecule has 1 saturated heterocycles. The molecule has 0 amide bonds. The van der Waals surface area contributed by atoms with Gasteiger partial charge in [0.1, 0.15) is 0 Å². The summed E-state index contributed by atoms with van der Waals surface area (Å²) in [6, 6.07) is 0. The lowest BCUT2D eigenvalue weighted by atomic mass is 10.3. The highest BCUT2D eigenvalue weighted by molar-refractivity contribution is 8.00. The molecule has 1 N–H and O–H groups in total. The second-order valence-electron chi connectivity index (χ2n) is 3.66. The zero-order valence-electron chi connectivity index (χ0n) is 8.19. The molecule has 1 aliphatic heterocycles. The van der Waals surface area contributed by atoms with Crippen LogP contribution in [0.5, 0.6) is 0 Å². The molecular weight excluding hydrogens is 186 g/mol. The minimum absolute atomic E-state index is 0.268. The third-order valence-electron chi connectivity index (χ3n) is 2.14. The van der Waals surface area contributed by atoms with E-state index in [1.165, 1.54) is 0 Å². The number of carbonyl (C=O) groups is 1. The average molecular weight is 203 g/mol. The highest BCUT2D eigenvalue weighted by Crippen LogP contribution is 2.24. The Morgan fingerprint density at radius 1 is 1.46 bits per heavy atom. The molecule has 2 unspecified atom stereocenters. The van der Waals surface area contributed by atoms with Gasteiger partial charge < -0.3 is 10.0 Å². The maximum Gasteiger partial charge on any atom is 0.304 e. The first-order chi connectivity index (χ1) is 6.08. The summed E-state index contributed by atoms with van der Waals surface area (Å²) in [7, 11) is 0. The van der Waals surface area contributed by atoms with Gasteiger partial charge in [-0.25, -0.2) is 0 Å². The van der Waals surface area contributed by atoms with E-state index in [1.54, 1.807) is 0 Å². The smallest absolute Gasteiger partial charge is 0.304 e. The van der Waals surface area contributed by atoms with Crippen molar-refractivity contribution in [3.05, 3.63) is 0 Å². The lowest BCUT2D eigenvalue weighted by molar-refractivity contribution is -0.137. The highest BCUT2D eigenvalue weighted by atomic mass is 32.2. The second-order valence-corrected chi connectivity index (χ2v) is 5.54. The summed E-state index contributed by atoms with van der Waals surface area (Å²) < 4.78 is 0. The van der Waals surface area contributed by atoms with Crippen LogP contribution < -0.4 is 0 Å². The average Bonchev–Trinajstić information content (AvgIpc) is 1.99. The Kier molecular flexibility index (Phi) is 4.06. The van der Waals surface area contributed by atoms with Crippen LogP contribution in [0.2, 0.25) is 0 Å². The molecule has 0 bridgehead atoms. The van der Waals surface area contributed by atoms with Gasteiger partial charge in [0.15, 0.2) is 0 Å². The monoisotopic (exact) mass is 203 g/mol. The van der Waals surface area contributed by atoms with E-state index in [1.807, 2.05) is 11.8 Å². The van der Waals surface area contributed by atoms with Crippen molar-refractivity contribution in [1.29, 1.82) is 0 Å². The van der Waals surface area contributed by atoms with Crippen LogP contribution >= 0.6 is 11.8 Å². The van der Waals surface area contributed by atoms with E-state index in [0.717, 1.165) is 13.1 Å². The highest BCUT2D eigenvalue weighted by Gasteiger charge is 2.21. The van der Waals surface area contributed by atoms with Crippen LogP contribution in [0.4, 0.5) is 0 Å². The third-order valence-corrected chi connectivity index (χ3v) is 3.36. The molecule has 13 heavy (non-hydrogen) atoms. The molecule has 0 aromatic rings. The van der Waals surface area contributed by atoms with Gasteiger partial charge >= 0.3 is 5.97 Å². The van der Waals surface area contributed by atoms with E-state index < -0.39 is 5.97 Å². The van der Waals surface area contributed by atoms with Crippen LogP contribution in [0.15, 0.2) is 0 Å². The zero-order chi connectivity index (χ0) is 9.84. The fourth-order valence-corrected chi connectivity index (χ4v) is 3.11. The second kappa shape index (κ2) is 4.86. The van der Waals surface area contributed by atoms with Crippen molar-refractivity contribution < 1.29 is 9.90 Å². The Morgan fingerprint density at radius 3 is 2.46 bits per heavy atom. The maximum absolute atomic E-state index is 10.4. The van der Waals surface area contributed by atoms with Gasteiger partial charge in [-0.3, -0.25) is 4.79 Å². The van der Waals surface area contributed by atoms with Gasteiger partial charge in [-0.2, -0.15) is 11.8 Å². The van der Waals surface area contributed by atoms with Crippen LogP contribution in [0.3, 0.4) is 0 Å². The fraction of sp³-hybridized carbons (Fsp3) is 0.889. The van der Waals surface area contributed by atoms with Crippen molar-refractivity contribution in [2.45, 2.75) is 30.8 Å². The Hall–Kier alpha value is -0.220. The number of thioether (sulfide) groups is 1. The van der Waals surface area contributed by atoms with Crippen LogP contribution in [-0.2, 0) is 4.79 Å². The number of hydrogen-bond acceptors (Lipinski definition) is 3. The van der Waals surface area contributed by atoms with E-state index in [0.29, 0.717) is 17.0 Å². The number of aliphatic carboxylic acids is 1. The Labute approximate surface area is 83.5 Å². The molecule has 76 valence electrons. The van der Waals surface area contributed by atoms with E-state index in [-0.39, 0.29) is 6.42 Å². The summed E-state index contributed by atoms with van der Waals surface area (Å²) in [5.74, 6) is -0.696. The minimum atomic E-state index is -0.696. The predicted octanol–water partition coefficient (Wildman–Crippen LogP) is 1.29.